The number of aromatic nitrogens is 1. The standard InChI is InChI=1S/C33H31F6N3O4/c1-3-18-5-6-19(25-15-26(25)30(43)44)13-24(18)23-7-8-28(41-9-4-10-41)40-27(23)16-42-17(2)29(46-31(42)45)20-11-21(32(34,35)36)14-22(12-20)33(37,38)39/h5-8,11-14,17,25-26,29H,3-4,9-10,15-16H2,1-2H3,(H,43,44)/t17-,25-,26+,29-/m0/s1. The van der Waals surface area contributed by atoms with Gasteiger partial charge in [0.2, 0.25) is 0 Å². The fourth-order valence-corrected chi connectivity index (χ4v) is 6.26. The van der Waals surface area contributed by atoms with Gasteiger partial charge >= 0.3 is 24.4 Å². The average Bonchev–Trinajstić information content (AvgIpc) is 3.73. The van der Waals surface area contributed by atoms with Gasteiger partial charge in [-0.2, -0.15) is 26.3 Å². The van der Waals surface area contributed by atoms with Crippen LogP contribution in [0.25, 0.3) is 11.1 Å². The number of hydrogen-bond donors (Lipinski definition) is 1. The summed E-state index contributed by atoms with van der Waals surface area (Å²) in [6, 6.07) is 9.87. The number of halogens is 6. The number of pyridine rings is 1. The van der Waals surface area contributed by atoms with Crippen molar-refractivity contribution in [2.75, 3.05) is 18.0 Å². The Balaban J connectivity index is 1.37. The highest BCUT2D eigenvalue weighted by atomic mass is 19.4. The molecule has 0 unspecified atom stereocenters. The average molecular weight is 648 g/mol. The van der Waals surface area contributed by atoms with E-state index >= 15 is 0 Å². The fraction of sp³-hybridized carbons (Fsp3) is 0.424. The van der Waals surface area contributed by atoms with E-state index in [2.05, 4.69) is 4.90 Å². The van der Waals surface area contributed by atoms with E-state index < -0.39 is 59.2 Å². The summed E-state index contributed by atoms with van der Waals surface area (Å²) >= 11 is 0. The molecule has 4 atom stereocenters. The normalized spacial score (nSPS) is 22.9. The van der Waals surface area contributed by atoms with Crippen molar-refractivity contribution in [3.8, 4) is 11.1 Å². The van der Waals surface area contributed by atoms with Gasteiger partial charge in [-0.1, -0.05) is 25.1 Å². The Kier molecular flexibility index (Phi) is 7.92. The van der Waals surface area contributed by atoms with E-state index in [1.165, 1.54) is 11.8 Å². The second-order valence-electron chi connectivity index (χ2n) is 12.1. The summed E-state index contributed by atoms with van der Waals surface area (Å²) in [7, 11) is 0. The first-order chi connectivity index (χ1) is 21.7. The van der Waals surface area contributed by atoms with Crippen LogP contribution < -0.4 is 4.90 Å². The number of amides is 1. The van der Waals surface area contributed by atoms with Gasteiger partial charge in [-0.05, 0) is 84.7 Å². The first kappa shape index (κ1) is 31.7. The summed E-state index contributed by atoms with van der Waals surface area (Å²) in [6.45, 7) is 4.96. The van der Waals surface area contributed by atoms with E-state index in [1.807, 2.05) is 37.3 Å². The van der Waals surface area contributed by atoms with Crippen LogP contribution in [-0.4, -0.2) is 46.2 Å². The molecule has 3 fully saturated rings. The van der Waals surface area contributed by atoms with Crippen molar-refractivity contribution < 1.29 is 45.8 Å². The predicted molar refractivity (Wildman–Crippen MR) is 155 cm³/mol. The van der Waals surface area contributed by atoms with Gasteiger partial charge < -0.3 is 14.7 Å². The maximum Gasteiger partial charge on any atom is 0.416 e. The Hall–Kier alpha value is -4.29. The van der Waals surface area contributed by atoms with Gasteiger partial charge in [0.1, 0.15) is 11.9 Å². The predicted octanol–water partition coefficient (Wildman–Crippen LogP) is 7.83. The third-order valence-electron chi connectivity index (χ3n) is 9.13. The lowest BCUT2D eigenvalue weighted by atomic mass is 9.92. The Labute approximate surface area is 260 Å². The molecule has 7 nitrogen and oxygen atoms in total. The molecule has 1 saturated carbocycles. The molecule has 2 aliphatic heterocycles. The summed E-state index contributed by atoms with van der Waals surface area (Å²) in [5.41, 5.74) is 0.440. The molecular weight excluding hydrogens is 616 g/mol. The van der Waals surface area contributed by atoms with Gasteiger partial charge in [0.05, 0.1) is 35.3 Å². The highest BCUT2D eigenvalue weighted by Crippen LogP contribution is 2.49. The Bertz CT molecular complexity index is 1650. The van der Waals surface area contributed by atoms with E-state index in [9.17, 15) is 41.0 Å². The molecule has 0 radical (unpaired) electrons. The van der Waals surface area contributed by atoms with Crippen LogP contribution in [0.15, 0.2) is 48.5 Å². The van der Waals surface area contributed by atoms with Gasteiger partial charge in [-0.15, -0.1) is 0 Å². The highest BCUT2D eigenvalue weighted by molar-refractivity contribution is 5.77. The molecule has 1 aliphatic carbocycles. The number of anilines is 1. The van der Waals surface area contributed by atoms with Crippen LogP contribution in [0, 0.1) is 5.92 Å². The molecule has 0 bridgehead atoms. The van der Waals surface area contributed by atoms with E-state index in [0.29, 0.717) is 42.0 Å². The zero-order valence-electron chi connectivity index (χ0n) is 25.0. The van der Waals surface area contributed by atoms with Crippen LogP contribution in [0.3, 0.4) is 0 Å². The number of cyclic esters (lactones) is 1. The van der Waals surface area contributed by atoms with Gasteiger partial charge in [0.15, 0.2) is 0 Å². The zero-order chi connectivity index (χ0) is 33.1. The van der Waals surface area contributed by atoms with Gasteiger partial charge in [0, 0.05) is 18.7 Å². The topological polar surface area (TPSA) is 83.0 Å². The molecule has 3 aliphatic rings. The monoisotopic (exact) mass is 647 g/mol. The number of ether oxygens (including phenoxy) is 1. The maximum atomic E-state index is 13.6. The van der Waals surface area contributed by atoms with Crippen molar-refractivity contribution in [2.45, 2.75) is 70.1 Å². The molecule has 6 rings (SSSR count). The number of nitrogens with zero attached hydrogens (tertiary/aromatic N) is 3. The first-order valence-electron chi connectivity index (χ1n) is 15.0. The van der Waals surface area contributed by atoms with Crippen molar-refractivity contribution in [1.29, 1.82) is 0 Å². The lowest BCUT2D eigenvalue weighted by Crippen LogP contribution is -2.38. The summed E-state index contributed by atoms with van der Waals surface area (Å²) in [4.78, 5) is 33.0. The van der Waals surface area contributed by atoms with Gasteiger partial charge in [0.25, 0.3) is 0 Å². The number of rotatable bonds is 8. The van der Waals surface area contributed by atoms with Crippen LogP contribution in [0.4, 0.5) is 37.0 Å². The minimum Gasteiger partial charge on any atom is -0.481 e. The molecule has 0 spiro atoms. The SMILES string of the molecule is CCc1ccc([C@@H]2C[C@H]2C(=O)O)cc1-c1ccc(N2CCC2)nc1CN1C(=O)O[C@H](c2cc(C(F)(F)F)cc(C(F)(F)F)c2)[C@@H]1C. The number of carbonyl (C=O) groups is 2. The van der Waals surface area contributed by atoms with E-state index in [4.69, 9.17) is 9.72 Å². The number of carboxylic acids is 1. The molecule has 13 heteroatoms. The van der Waals surface area contributed by atoms with Gasteiger partial charge in [-0.3, -0.25) is 9.69 Å². The minimum absolute atomic E-state index is 0.0416. The molecule has 1 N–H and O–H groups in total. The molecule has 244 valence electrons. The third kappa shape index (κ3) is 5.99. The van der Waals surface area contributed by atoms with Crippen molar-refractivity contribution in [1.82, 2.24) is 9.88 Å². The van der Waals surface area contributed by atoms with E-state index in [0.717, 1.165) is 36.2 Å². The Morgan fingerprint density at radius 1 is 0.957 bits per heavy atom. The van der Waals surface area contributed by atoms with Crippen molar-refractivity contribution in [3.63, 3.8) is 0 Å². The van der Waals surface area contributed by atoms with Crippen molar-refractivity contribution >= 4 is 17.9 Å². The number of hydrogen-bond acceptors (Lipinski definition) is 5. The summed E-state index contributed by atoms with van der Waals surface area (Å²) in [6.07, 6.45) is -10.2. The fourth-order valence-electron chi connectivity index (χ4n) is 6.26. The summed E-state index contributed by atoms with van der Waals surface area (Å²) < 4.78 is 86.9. The molecule has 3 aromatic rings. The molecule has 46 heavy (non-hydrogen) atoms. The summed E-state index contributed by atoms with van der Waals surface area (Å²) in [5, 5.41) is 9.47. The molecule has 2 saturated heterocycles. The molecule has 2 aromatic carbocycles. The Morgan fingerprint density at radius 2 is 1.63 bits per heavy atom. The quantitative estimate of drug-likeness (QED) is 0.251. The first-order valence-corrected chi connectivity index (χ1v) is 15.0. The highest BCUT2D eigenvalue weighted by Gasteiger charge is 2.45. The number of carbonyl (C=O) groups excluding carboxylic acids is 1. The van der Waals surface area contributed by atoms with Gasteiger partial charge in [-0.25, -0.2) is 9.78 Å². The number of aliphatic carboxylic acids is 1. The molecule has 3 heterocycles. The number of aryl methyl sites for hydroxylation is 1. The maximum absolute atomic E-state index is 13.6. The van der Waals surface area contributed by atoms with E-state index in [1.54, 1.807) is 0 Å². The van der Waals surface area contributed by atoms with Crippen LogP contribution in [0.5, 0.6) is 0 Å². The number of carboxylic acid groups (broad SMARTS) is 1. The number of benzene rings is 2. The Morgan fingerprint density at radius 3 is 2.17 bits per heavy atom. The van der Waals surface area contributed by atoms with Crippen LogP contribution in [0.2, 0.25) is 0 Å². The molecule has 1 aromatic heterocycles. The number of alkyl halides is 6. The van der Waals surface area contributed by atoms with Crippen LogP contribution in [0.1, 0.15) is 72.2 Å². The third-order valence-corrected chi connectivity index (χ3v) is 9.13. The lowest BCUT2D eigenvalue weighted by molar-refractivity contribution is -0.143. The lowest BCUT2D eigenvalue weighted by Gasteiger charge is -2.33. The molecular formula is C33H31F6N3O4. The van der Waals surface area contributed by atoms with E-state index in [-0.39, 0.29) is 18.5 Å². The largest absolute Gasteiger partial charge is 0.481 e. The van der Waals surface area contributed by atoms with Crippen molar-refractivity contribution in [2.24, 2.45) is 5.92 Å². The van der Waals surface area contributed by atoms with Crippen LogP contribution in [-0.2, 0) is 34.8 Å². The van der Waals surface area contributed by atoms with Crippen molar-refractivity contribution in [3.05, 3.63) is 82.0 Å². The summed E-state index contributed by atoms with van der Waals surface area (Å²) in [5.74, 6) is -0.761. The molecule has 1 amide bonds. The minimum atomic E-state index is -5.05. The van der Waals surface area contributed by atoms with Crippen LogP contribution >= 0.6 is 0 Å². The second-order valence-corrected chi connectivity index (χ2v) is 12.1. The second kappa shape index (κ2) is 11.5. The smallest absolute Gasteiger partial charge is 0.416 e. The zero-order valence-corrected chi connectivity index (χ0v) is 25.0.